The second-order valence-electron chi connectivity index (χ2n) is 4.94. The minimum atomic E-state index is -0.000394. The summed E-state index contributed by atoms with van der Waals surface area (Å²) in [5.74, 6) is 1.92. The van der Waals surface area contributed by atoms with Crippen LogP contribution in [-0.2, 0) is 4.74 Å². The van der Waals surface area contributed by atoms with E-state index >= 15 is 0 Å². The predicted molar refractivity (Wildman–Crippen MR) is 62.2 cm³/mol. The van der Waals surface area contributed by atoms with Crippen LogP contribution in [0.5, 0.6) is 0 Å². The quantitative estimate of drug-likeness (QED) is 0.704. The van der Waals surface area contributed by atoms with E-state index in [1.54, 1.807) is 0 Å². The van der Waals surface area contributed by atoms with Gasteiger partial charge in [-0.3, -0.25) is 5.32 Å². The Labute approximate surface area is 89.4 Å². The Kier molecular flexibility index (Phi) is 4.60. The molecule has 2 nitrogen and oxygen atoms in total. The van der Waals surface area contributed by atoms with Gasteiger partial charge in [0, 0.05) is 0 Å². The van der Waals surface area contributed by atoms with Crippen molar-refractivity contribution in [2.24, 2.45) is 17.8 Å². The number of rotatable bonds is 1. The first kappa shape index (κ1) is 13.9. The molecule has 0 spiro atoms. The molecular weight excluding hydrogens is 174 g/mol. The van der Waals surface area contributed by atoms with Crippen LogP contribution in [0, 0.1) is 17.8 Å². The summed E-state index contributed by atoms with van der Waals surface area (Å²) in [6, 6.07) is 0. The van der Waals surface area contributed by atoms with Gasteiger partial charge in [-0.1, -0.05) is 28.2 Å². The Morgan fingerprint density at radius 3 is 2.00 bits per heavy atom. The van der Waals surface area contributed by atoms with E-state index in [4.69, 9.17) is 4.74 Å². The Bertz CT molecular complexity index is 177. The number of ether oxygens (including phenoxy) is 1. The third-order valence-electron chi connectivity index (χ3n) is 3.91. The number of hydrogen-bond acceptors (Lipinski definition) is 2. The molecule has 0 aliphatic carbocycles. The van der Waals surface area contributed by atoms with Crippen molar-refractivity contribution in [1.82, 2.24) is 5.32 Å². The highest BCUT2D eigenvalue weighted by Gasteiger charge is 2.42. The van der Waals surface area contributed by atoms with E-state index in [-0.39, 0.29) is 19.3 Å². The van der Waals surface area contributed by atoms with Crippen LogP contribution in [0.25, 0.3) is 0 Å². The van der Waals surface area contributed by atoms with Gasteiger partial charge < -0.3 is 4.74 Å². The van der Waals surface area contributed by atoms with E-state index in [1.807, 2.05) is 7.05 Å². The molecule has 86 valence electrons. The van der Waals surface area contributed by atoms with Crippen molar-refractivity contribution >= 4 is 0 Å². The molecule has 1 aliphatic heterocycles. The average molecular weight is 201 g/mol. The lowest BCUT2D eigenvalue weighted by atomic mass is 9.73. The largest absolute Gasteiger partial charge is 0.357 e. The van der Waals surface area contributed by atoms with E-state index in [9.17, 15) is 0 Å². The third kappa shape index (κ3) is 2.29. The second-order valence-corrected chi connectivity index (χ2v) is 4.94. The molecule has 0 radical (unpaired) electrons. The first-order valence-electron chi connectivity index (χ1n) is 5.25. The van der Waals surface area contributed by atoms with Gasteiger partial charge in [-0.05, 0) is 38.6 Å². The van der Waals surface area contributed by atoms with Gasteiger partial charge in [0.2, 0.25) is 0 Å². The fourth-order valence-corrected chi connectivity index (χ4v) is 2.23. The van der Waals surface area contributed by atoms with Gasteiger partial charge in [-0.25, -0.2) is 0 Å². The van der Waals surface area contributed by atoms with Crippen LogP contribution < -0.4 is 5.32 Å². The standard InChI is InChI=1S/C11H23NO.CH4/c1-7-8(2)10(12-6)13-11(4,5)9(7)3;/h7-10,12H,1-6H3;1H4. The third-order valence-corrected chi connectivity index (χ3v) is 3.91. The van der Waals surface area contributed by atoms with E-state index in [1.165, 1.54) is 0 Å². The molecule has 2 heteroatoms. The van der Waals surface area contributed by atoms with Crippen molar-refractivity contribution in [2.75, 3.05) is 7.05 Å². The van der Waals surface area contributed by atoms with Crippen LogP contribution >= 0.6 is 0 Å². The maximum atomic E-state index is 6.01. The van der Waals surface area contributed by atoms with Crippen LogP contribution in [0.3, 0.4) is 0 Å². The van der Waals surface area contributed by atoms with Gasteiger partial charge >= 0.3 is 0 Å². The van der Waals surface area contributed by atoms with Gasteiger partial charge in [0.05, 0.1) is 5.60 Å². The zero-order valence-corrected chi connectivity index (χ0v) is 9.72. The molecule has 0 saturated carbocycles. The smallest absolute Gasteiger partial charge is 0.111 e. The fourth-order valence-electron chi connectivity index (χ4n) is 2.23. The molecule has 0 amide bonds. The average Bonchev–Trinajstić information content (AvgIpc) is 2.08. The summed E-state index contributed by atoms with van der Waals surface area (Å²) in [4.78, 5) is 0. The zero-order valence-electron chi connectivity index (χ0n) is 9.72. The predicted octanol–water partition coefficient (Wildman–Crippen LogP) is 2.89. The molecular formula is C12H27NO. The molecule has 1 rings (SSSR count). The maximum absolute atomic E-state index is 6.01. The summed E-state index contributed by atoms with van der Waals surface area (Å²) in [7, 11) is 1.97. The number of nitrogens with one attached hydrogen (secondary N) is 1. The van der Waals surface area contributed by atoms with Crippen molar-refractivity contribution < 1.29 is 4.74 Å². The van der Waals surface area contributed by atoms with Crippen LogP contribution in [0.4, 0.5) is 0 Å². The van der Waals surface area contributed by atoms with Crippen LogP contribution in [0.15, 0.2) is 0 Å². The lowest BCUT2D eigenvalue weighted by molar-refractivity contribution is -0.191. The maximum Gasteiger partial charge on any atom is 0.111 e. The van der Waals surface area contributed by atoms with E-state index in [0.29, 0.717) is 17.8 Å². The van der Waals surface area contributed by atoms with E-state index < -0.39 is 0 Å². The molecule has 1 fully saturated rings. The zero-order chi connectivity index (χ0) is 10.2. The molecule has 0 aromatic heterocycles. The van der Waals surface area contributed by atoms with Gasteiger partial charge in [0.15, 0.2) is 0 Å². The molecule has 0 aromatic carbocycles. The Balaban J connectivity index is 0.00000169. The van der Waals surface area contributed by atoms with Crippen molar-refractivity contribution in [2.45, 2.75) is 53.9 Å². The molecule has 4 atom stereocenters. The summed E-state index contributed by atoms with van der Waals surface area (Å²) >= 11 is 0. The van der Waals surface area contributed by atoms with Crippen molar-refractivity contribution in [3.8, 4) is 0 Å². The monoisotopic (exact) mass is 201 g/mol. The highest BCUT2D eigenvalue weighted by molar-refractivity contribution is 4.89. The van der Waals surface area contributed by atoms with Crippen molar-refractivity contribution in [3.63, 3.8) is 0 Å². The molecule has 4 unspecified atom stereocenters. The minimum Gasteiger partial charge on any atom is -0.357 e. The first-order chi connectivity index (χ1) is 5.90. The summed E-state index contributed by atoms with van der Waals surface area (Å²) < 4.78 is 6.01. The summed E-state index contributed by atoms with van der Waals surface area (Å²) in [6.45, 7) is 11.2. The molecule has 0 bridgehead atoms. The SMILES string of the molecule is C.CNC1OC(C)(C)C(C)C(C)C1C. The van der Waals surface area contributed by atoms with E-state index in [0.717, 1.165) is 0 Å². The van der Waals surface area contributed by atoms with Gasteiger partial charge in [0.25, 0.3) is 0 Å². The lowest BCUT2D eigenvalue weighted by Gasteiger charge is -2.48. The van der Waals surface area contributed by atoms with E-state index in [2.05, 4.69) is 39.9 Å². The molecule has 1 heterocycles. The summed E-state index contributed by atoms with van der Waals surface area (Å²) in [5, 5.41) is 3.24. The summed E-state index contributed by atoms with van der Waals surface area (Å²) in [6.07, 6.45) is 0.209. The lowest BCUT2D eigenvalue weighted by Crippen LogP contribution is -2.54. The normalized spacial score (nSPS) is 41.6. The molecule has 14 heavy (non-hydrogen) atoms. The number of hydrogen-bond donors (Lipinski definition) is 1. The Morgan fingerprint density at radius 1 is 1.07 bits per heavy atom. The first-order valence-corrected chi connectivity index (χ1v) is 5.25. The van der Waals surface area contributed by atoms with Crippen molar-refractivity contribution in [3.05, 3.63) is 0 Å². The van der Waals surface area contributed by atoms with Crippen LogP contribution in [-0.4, -0.2) is 18.9 Å². The van der Waals surface area contributed by atoms with Gasteiger partial charge in [-0.2, -0.15) is 0 Å². The summed E-state index contributed by atoms with van der Waals surface area (Å²) in [5.41, 5.74) is -0.000394. The fraction of sp³-hybridized carbons (Fsp3) is 1.00. The van der Waals surface area contributed by atoms with Crippen LogP contribution in [0.2, 0.25) is 0 Å². The van der Waals surface area contributed by atoms with Gasteiger partial charge in [-0.15, -0.1) is 0 Å². The highest BCUT2D eigenvalue weighted by Crippen LogP contribution is 2.39. The van der Waals surface area contributed by atoms with Crippen LogP contribution in [0.1, 0.15) is 42.0 Å². The molecule has 1 aliphatic rings. The Morgan fingerprint density at radius 2 is 1.57 bits per heavy atom. The Hall–Kier alpha value is -0.0800. The highest BCUT2D eigenvalue weighted by atomic mass is 16.5. The minimum absolute atomic E-state index is 0. The second kappa shape index (κ2) is 4.63. The van der Waals surface area contributed by atoms with Crippen molar-refractivity contribution in [1.29, 1.82) is 0 Å². The van der Waals surface area contributed by atoms with Gasteiger partial charge in [0.1, 0.15) is 6.23 Å². The molecule has 1 N–H and O–H groups in total. The topological polar surface area (TPSA) is 21.3 Å². The molecule has 0 aromatic rings. The molecule has 1 saturated heterocycles.